The lowest BCUT2D eigenvalue weighted by molar-refractivity contribution is -0.135. The molecule has 1 fully saturated rings. The maximum atomic E-state index is 13.9. The van der Waals surface area contributed by atoms with Crippen LogP contribution in [0.3, 0.4) is 0 Å². The Bertz CT molecular complexity index is 1180. The van der Waals surface area contributed by atoms with Gasteiger partial charge in [0, 0.05) is 41.6 Å². The van der Waals surface area contributed by atoms with E-state index in [4.69, 9.17) is 11.6 Å². The number of amides is 2. The first-order valence-corrected chi connectivity index (χ1v) is 13.9. The molecule has 196 valence electrons. The van der Waals surface area contributed by atoms with Crippen LogP contribution in [0.1, 0.15) is 72.6 Å². The van der Waals surface area contributed by atoms with Gasteiger partial charge in [0.15, 0.2) is 0 Å². The summed E-state index contributed by atoms with van der Waals surface area (Å²) in [6.07, 6.45) is 8.36. The molecule has 0 spiro atoms. The molecule has 1 aromatic heterocycles. The lowest BCUT2D eigenvalue weighted by atomic mass is 9.94. The quantitative estimate of drug-likeness (QED) is 0.299. The first-order valence-electron chi connectivity index (χ1n) is 13.5. The molecule has 6 heteroatoms. The average molecular weight is 520 g/mol. The minimum atomic E-state index is -0.0825. The number of nitrogens with zero attached hydrogens (tertiary/aromatic N) is 3. The van der Waals surface area contributed by atoms with E-state index >= 15 is 0 Å². The van der Waals surface area contributed by atoms with Crippen molar-refractivity contribution >= 4 is 23.4 Å². The van der Waals surface area contributed by atoms with Crippen LogP contribution in [0.4, 0.5) is 0 Å². The number of carbonyl (C=O) groups is 2. The van der Waals surface area contributed by atoms with Crippen molar-refractivity contribution in [1.82, 2.24) is 14.4 Å². The first-order chi connectivity index (χ1) is 18.0. The normalized spacial score (nSPS) is 13.9. The Hall–Kier alpha value is -3.05. The third kappa shape index (κ3) is 7.04. The molecule has 0 radical (unpaired) electrons. The van der Waals surface area contributed by atoms with Crippen molar-refractivity contribution in [1.29, 1.82) is 0 Å². The van der Waals surface area contributed by atoms with E-state index in [1.807, 2.05) is 79.5 Å². The summed E-state index contributed by atoms with van der Waals surface area (Å²) in [6.45, 7) is 5.88. The summed E-state index contributed by atoms with van der Waals surface area (Å²) in [6, 6.07) is 19.8. The number of carbonyl (C=O) groups excluding carboxylic acids is 2. The van der Waals surface area contributed by atoms with Crippen LogP contribution in [0.25, 0.3) is 0 Å². The average Bonchev–Trinajstić information content (AvgIpc) is 3.35. The van der Waals surface area contributed by atoms with Crippen molar-refractivity contribution in [3.05, 3.63) is 94.3 Å². The van der Waals surface area contributed by atoms with Gasteiger partial charge in [0.2, 0.25) is 5.91 Å². The predicted molar refractivity (Wildman–Crippen MR) is 150 cm³/mol. The Labute approximate surface area is 226 Å². The van der Waals surface area contributed by atoms with Crippen LogP contribution in [0, 0.1) is 6.92 Å². The number of aryl methyl sites for hydroxylation is 1. The molecule has 3 aromatic rings. The molecule has 0 N–H and O–H groups in total. The highest BCUT2D eigenvalue weighted by molar-refractivity contribution is 6.31. The molecule has 0 unspecified atom stereocenters. The second-order valence-corrected chi connectivity index (χ2v) is 10.5. The number of hydrogen-bond acceptors (Lipinski definition) is 2. The number of hydrogen-bond donors (Lipinski definition) is 0. The smallest absolute Gasteiger partial charge is 0.254 e. The van der Waals surface area contributed by atoms with Gasteiger partial charge in [0.1, 0.15) is 6.54 Å². The number of aromatic nitrogens is 1. The lowest BCUT2D eigenvalue weighted by Gasteiger charge is -2.36. The molecular formula is C31H38ClN3O2. The summed E-state index contributed by atoms with van der Waals surface area (Å²) in [5, 5.41) is 0.743. The van der Waals surface area contributed by atoms with Crippen LogP contribution in [-0.2, 0) is 17.9 Å². The first kappa shape index (κ1) is 27.0. The topological polar surface area (TPSA) is 45.6 Å². The molecule has 0 bridgehead atoms. The van der Waals surface area contributed by atoms with Crippen molar-refractivity contribution in [3.8, 4) is 0 Å². The van der Waals surface area contributed by atoms with Crippen molar-refractivity contribution in [2.75, 3.05) is 13.1 Å². The molecule has 0 saturated heterocycles. The third-order valence-corrected chi connectivity index (χ3v) is 7.66. The van der Waals surface area contributed by atoms with Crippen molar-refractivity contribution in [2.45, 2.75) is 71.5 Å². The van der Waals surface area contributed by atoms with Gasteiger partial charge in [-0.25, -0.2) is 0 Å². The lowest BCUT2D eigenvalue weighted by Crippen LogP contribution is -2.47. The zero-order valence-electron chi connectivity index (χ0n) is 22.0. The Morgan fingerprint density at radius 3 is 2.41 bits per heavy atom. The van der Waals surface area contributed by atoms with Crippen LogP contribution in [0.2, 0.25) is 5.02 Å². The summed E-state index contributed by atoms with van der Waals surface area (Å²) < 4.78 is 2.17. The fourth-order valence-corrected chi connectivity index (χ4v) is 5.40. The number of rotatable bonds is 10. The SMILES string of the molecule is CCCN(CC(=O)N(Cc1cccn1Cc1ccccc1Cl)C1CCCCC1)C(=O)c1ccc(C)cc1. The molecule has 4 rings (SSSR count). The van der Waals surface area contributed by atoms with Gasteiger partial charge >= 0.3 is 0 Å². The molecule has 1 saturated carbocycles. The summed E-state index contributed by atoms with van der Waals surface area (Å²) in [7, 11) is 0. The van der Waals surface area contributed by atoms with Crippen LogP contribution >= 0.6 is 11.6 Å². The minimum Gasteiger partial charge on any atom is -0.345 e. The molecule has 5 nitrogen and oxygen atoms in total. The Morgan fingerprint density at radius 1 is 0.973 bits per heavy atom. The fraction of sp³-hybridized carbons (Fsp3) is 0.419. The van der Waals surface area contributed by atoms with Gasteiger partial charge in [0.05, 0.1) is 6.54 Å². The van der Waals surface area contributed by atoms with Gasteiger partial charge in [-0.05, 0) is 62.1 Å². The Kier molecular flexibility index (Phi) is 9.45. The van der Waals surface area contributed by atoms with E-state index in [1.165, 1.54) is 6.42 Å². The van der Waals surface area contributed by atoms with Crippen LogP contribution in [0.5, 0.6) is 0 Å². The second kappa shape index (κ2) is 13.0. The van der Waals surface area contributed by atoms with Gasteiger partial charge in [0.25, 0.3) is 5.91 Å². The maximum absolute atomic E-state index is 13.9. The highest BCUT2D eigenvalue weighted by atomic mass is 35.5. The molecule has 0 aliphatic heterocycles. The van der Waals surface area contributed by atoms with Crippen molar-refractivity contribution < 1.29 is 9.59 Å². The van der Waals surface area contributed by atoms with Crippen molar-refractivity contribution in [3.63, 3.8) is 0 Å². The fourth-order valence-electron chi connectivity index (χ4n) is 5.20. The Balaban J connectivity index is 1.54. The van der Waals surface area contributed by atoms with E-state index in [2.05, 4.69) is 10.6 Å². The Morgan fingerprint density at radius 2 is 1.70 bits per heavy atom. The highest BCUT2D eigenvalue weighted by Gasteiger charge is 2.29. The van der Waals surface area contributed by atoms with E-state index in [0.717, 1.165) is 53.9 Å². The maximum Gasteiger partial charge on any atom is 0.254 e. The molecule has 37 heavy (non-hydrogen) atoms. The zero-order chi connectivity index (χ0) is 26.2. The summed E-state index contributed by atoms with van der Waals surface area (Å²) in [5.74, 6) is -0.0628. The van der Waals surface area contributed by atoms with Crippen LogP contribution in [-0.4, -0.2) is 45.3 Å². The number of halogens is 1. The molecular weight excluding hydrogens is 482 g/mol. The molecule has 0 atom stereocenters. The summed E-state index contributed by atoms with van der Waals surface area (Å²) >= 11 is 6.43. The van der Waals surface area contributed by atoms with Gasteiger partial charge in [-0.15, -0.1) is 0 Å². The van der Waals surface area contributed by atoms with Gasteiger partial charge < -0.3 is 14.4 Å². The standard InChI is InChI=1S/C31H38ClN3O2/c1-3-19-34(31(37)25-17-15-24(2)16-18-25)23-30(36)35(27-11-5-4-6-12-27)22-28-13-9-20-33(28)21-26-10-7-8-14-29(26)32/h7-10,13-18,20,27H,3-6,11-12,19,21-23H2,1-2H3. The van der Waals surface area contributed by atoms with Crippen LogP contribution < -0.4 is 0 Å². The van der Waals surface area contributed by atoms with Crippen molar-refractivity contribution in [2.24, 2.45) is 0 Å². The van der Waals surface area contributed by atoms with E-state index < -0.39 is 0 Å². The summed E-state index contributed by atoms with van der Waals surface area (Å²) in [5.41, 5.74) is 3.86. The largest absolute Gasteiger partial charge is 0.345 e. The summed E-state index contributed by atoms with van der Waals surface area (Å²) in [4.78, 5) is 30.9. The van der Waals surface area contributed by atoms with Gasteiger partial charge in [-0.1, -0.05) is 73.7 Å². The highest BCUT2D eigenvalue weighted by Crippen LogP contribution is 2.26. The predicted octanol–water partition coefficient (Wildman–Crippen LogP) is 6.71. The van der Waals surface area contributed by atoms with E-state index in [-0.39, 0.29) is 24.4 Å². The molecule has 1 aliphatic carbocycles. The van der Waals surface area contributed by atoms with Gasteiger partial charge in [-0.2, -0.15) is 0 Å². The van der Waals surface area contributed by atoms with E-state index in [0.29, 0.717) is 25.2 Å². The molecule has 2 aromatic carbocycles. The van der Waals surface area contributed by atoms with Crippen LogP contribution in [0.15, 0.2) is 66.9 Å². The monoisotopic (exact) mass is 519 g/mol. The number of benzene rings is 2. The zero-order valence-corrected chi connectivity index (χ0v) is 22.8. The molecule has 1 heterocycles. The molecule has 2 amide bonds. The second-order valence-electron chi connectivity index (χ2n) is 10.1. The van der Waals surface area contributed by atoms with E-state index in [1.54, 1.807) is 4.90 Å². The van der Waals surface area contributed by atoms with E-state index in [9.17, 15) is 9.59 Å². The molecule has 1 aliphatic rings. The minimum absolute atomic E-state index is 0.0197. The van der Waals surface area contributed by atoms with Gasteiger partial charge in [-0.3, -0.25) is 9.59 Å². The third-order valence-electron chi connectivity index (χ3n) is 7.30.